The van der Waals surface area contributed by atoms with Crippen LogP contribution in [0.5, 0.6) is 0 Å². The van der Waals surface area contributed by atoms with E-state index in [1.54, 1.807) is 38.0 Å². The van der Waals surface area contributed by atoms with Crippen LogP contribution in [0.15, 0.2) is 57.2 Å². The standard InChI is InChI=1S/C19H25N3O2S2/c1-14(20(2)3)13-22-16-8-6-7-9-18(16)25-19-12-15(10-11-17(19)22)26(23,24)21(4)5/h6-12,14H,13H2,1-5H3. The number of benzene rings is 2. The summed E-state index contributed by atoms with van der Waals surface area (Å²) in [6.45, 7) is 3.02. The highest BCUT2D eigenvalue weighted by Crippen LogP contribution is 2.48. The molecule has 0 radical (unpaired) electrons. The SMILES string of the molecule is CC(CN1c2ccccc2Sc2cc(S(=O)(=O)N(C)C)ccc21)N(C)C. The molecule has 3 rings (SSSR count). The predicted molar refractivity (Wildman–Crippen MR) is 108 cm³/mol. The second kappa shape index (κ2) is 7.23. The van der Waals surface area contributed by atoms with E-state index in [-0.39, 0.29) is 0 Å². The second-order valence-corrected chi connectivity index (χ2v) is 10.1. The minimum Gasteiger partial charge on any atom is -0.338 e. The topological polar surface area (TPSA) is 43.9 Å². The third-order valence-corrected chi connectivity index (χ3v) is 7.63. The smallest absolute Gasteiger partial charge is 0.242 e. The molecule has 0 spiro atoms. The lowest BCUT2D eigenvalue weighted by atomic mass is 10.2. The maximum Gasteiger partial charge on any atom is 0.242 e. The molecule has 1 aliphatic heterocycles. The number of para-hydroxylation sites is 1. The van der Waals surface area contributed by atoms with Gasteiger partial charge in [-0.15, -0.1) is 0 Å². The van der Waals surface area contributed by atoms with Gasteiger partial charge in [-0.05, 0) is 51.4 Å². The molecule has 0 aromatic heterocycles. The van der Waals surface area contributed by atoms with Crippen LogP contribution in [0.2, 0.25) is 0 Å². The van der Waals surface area contributed by atoms with Crippen molar-refractivity contribution in [2.75, 3.05) is 39.6 Å². The van der Waals surface area contributed by atoms with Gasteiger partial charge >= 0.3 is 0 Å². The molecule has 2 aromatic carbocycles. The minimum atomic E-state index is -3.45. The third kappa shape index (κ3) is 3.49. The van der Waals surface area contributed by atoms with Crippen molar-refractivity contribution in [3.63, 3.8) is 0 Å². The Morgan fingerprint density at radius 2 is 1.65 bits per heavy atom. The molecule has 0 saturated carbocycles. The maximum absolute atomic E-state index is 12.5. The molecule has 1 aliphatic rings. The van der Waals surface area contributed by atoms with Gasteiger partial charge in [-0.3, -0.25) is 0 Å². The van der Waals surface area contributed by atoms with E-state index in [9.17, 15) is 8.42 Å². The Hall–Kier alpha value is -1.54. The van der Waals surface area contributed by atoms with E-state index >= 15 is 0 Å². The first kappa shape index (κ1) is 19.2. The van der Waals surface area contributed by atoms with Gasteiger partial charge in [-0.2, -0.15) is 0 Å². The van der Waals surface area contributed by atoms with Gasteiger partial charge in [-0.1, -0.05) is 23.9 Å². The highest BCUT2D eigenvalue weighted by atomic mass is 32.2. The van der Waals surface area contributed by atoms with E-state index in [0.29, 0.717) is 10.9 Å². The Bertz CT molecular complexity index is 911. The Morgan fingerprint density at radius 3 is 2.31 bits per heavy atom. The van der Waals surface area contributed by atoms with Gasteiger partial charge in [0, 0.05) is 36.5 Å². The predicted octanol–water partition coefficient (Wildman–Crippen LogP) is 3.49. The van der Waals surface area contributed by atoms with Crippen LogP contribution in [-0.2, 0) is 10.0 Å². The summed E-state index contributed by atoms with van der Waals surface area (Å²) in [5.41, 5.74) is 2.22. The molecule has 7 heteroatoms. The van der Waals surface area contributed by atoms with Crippen LogP contribution in [-0.4, -0.2) is 58.4 Å². The van der Waals surface area contributed by atoms with Crippen molar-refractivity contribution in [1.82, 2.24) is 9.21 Å². The van der Waals surface area contributed by atoms with E-state index in [1.165, 1.54) is 9.99 Å². The van der Waals surface area contributed by atoms with Crippen molar-refractivity contribution in [3.05, 3.63) is 42.5 Å². The lowest BCUT2D eigenvalue weighted by Crippen LogP contribution is -2.37. The third-order valence-electron chi connectivity index (χ3n) is 4.70. The molecule has 2 aromatic rings. The van der Waals surface area contributed by atoms with Crippen molar-refractivity contribution >= 4 is 33.2 Å². The van der Waals surface area contributed by atoms with Crippen molar-refractivity contribution in [2.24, 2.45) is 0 Å². The van der Waals surface area contributed by atoms with Crippen LogP contribution < -0.4 is 4.90 Å². The highest BCUT2D eigenvalue weighted by Gasteiger charge is 2.27. The van der Waals surface area contributed by atoms with E-state index in [4.69, 9.17) is 0 Å². The summed E-state index contributed by atoms with van der Waals surface area (Å²) in [5.74, 6) is 0. The summed E-state index contributed by atoms with van der Waals surface area (Å²) >= 11 is 1.63. The second-order valence-electron chi connectivity index (χ2n) is 6.91. The fourth-order valence-electron chi connectivity index (χ4n) is 2.81. The average molecular weight is 392 g/mol. The summed E-state index contributed by atoms with van der Waals surface area (Å²) in [6, 6.07) is 14.0. The average Bonchev–Trinajstić information content (AvgIpc) is 2.60. The van der Waals surface area contributed by atoms with Crippen LogP contribution in [0.1, 0.15) is 6.92 Å². The highest BCUT2D eigenvalue weighted by molar-refractivity contribution is 7.99. The van der Waals surface area contributed by atoms with E-state index in [1.807, 2.05) is 18.2 Å². The summed E-state index contributed by atoms with van der Waals surface area (Å²) in [7, 11) is 3.81. The molecule has 1 atom stereocenters. The van der Waals surface area contributed by atoms with Gasteiger partial charge in [0.15, 0.2) is 0 Å². The van der Waals surface area contributed by atoms with Gasteiger partial charge in [0.05, 0.1) is 16.3 Å². The molecule has 0 N–H and O–H groups in total. The molecular formula is C19H25N3O2S2. The monoisotopic (exact) mass is 391 g/mol. The largest absolute Gasteiger partial charge is 0.338 e. The molecular weight excluding hydrogens is 366 g/mol. The van der Waals surface area contributed by atoms with Gasteiger partial charge < -0.3 is 9.80 Å². The number of hydrogen-bond donors (Lipinski definition) is 0. The van der Waals surface area contributed by atoms with Gasteiger partial charge in [0.25, 0.3) is 0 Å². The first-order valence-corrected chi connectivity index (χ1v) is 10.7. The number of hydrogen-bond acceptors (Lipinski definition) is 5. The van der Waals surface area contributed by atoms with Crippen LogP contribution >= 0.6 is 11.8 Å². The molecule has 140 valence electrons. The molecule has 0 aliphatic carbocycles. The number of fused-ring (bicyclic) bond motifs is 2. The number of sulfonamides is 1. The molecule has 26 heavy (non-hydrogen) atoms. The summed E-state index contributed by atoms with van der Waals surface area (Å²) in [6.07, 6.45) is 0. The van der Waals surface area contributed by atoms with E-state index in [2.05, 4.69) is 43.0 Å². The molecule has 0 saturated heterocycles. The van der Waals surface area contributed by atoms with E-state index in [0.717, 1.165) is 22.0 Å². The number of anilines is 2. The fourth-order valence-corrected chi connectivity index (χ4v) is 4.95. The van der Waals surface area contributed by atoms with Crippen LogP contribution in [0.4, 0.5) is 11.4 Å². The van der Waals surface area contributed by atoms with E-state index < -0.39 is 10.0 Å². The summed E-state index contributed by atoms with van der Waals surface area (Å²) in [4.78, 5) is 6.92. The minimum absolute atomic E-state index is 0.328. The Labute approximate surface area is 160 Å². The van der Waals surface area contributed by atoms with Crippen LogP contribution in [0.25, 0.3) is 0 Å². The number of rotatable bonds is 5. The van der Waals surface area contributed by atoms with Crippen molar-refractivity contribution < 1.29 is 8.42 Å². The lowest BCUT2D eigenvalue weighted by Gasteiger charge is -2.36. The van der Waals surface area contributed by atoms with Gasteiger partial charge in [0.2, 0.25) is 10.0 Å². The molecule has 0 bridgehead atoms. The molecule has 5 nitrogen and oxygen atoms in total. The summed E-state index contributed by atoms with van der Waals surface area (Å²) < 4.78 is 26.3. The van der Waals surface area contributed by atoms with Gasteiger partial charge in [-0.25, -0.2) is 12.7 Å². The number of likely N-dealkylation sites (N-methyl/N-ethyl adjacent to an activating group) is 1. The Kier molecular flexibility index (Phi) is 5.35. The van der Waals surface area contributed by atoms with Gasteiger partial charge in [0.1, 0.15) is 0 Å². The zero-order chi connectivity index (χ0) is 19.1. The van der Waals surface area contributed by atoms with Crippen molar-refractivity contribution in [1.29, 1.82) is 0 Å². The maximum atomic E-state index is 12.5. The zero-order valence-corrected chi connectivity index (χ0v) is 17.4. The first-order valence-electron chi connectivity index (χ1n) is 8.49. The van der Waals surface area contributed by atoms with Crippen LogP contribution in [0, 0.1) is 0 Å². The fraction of sp³-hybridized carbons (Fsp3) is 0.368. The quantitative estimate of drug-likeness (QED) is 0.781. The van der Waals surface area contributed by atoms with Crippen LogP contribution in [0.3, 0.4) is 0 Å². The Balaban J connectivity index is 2.09. The summed E-state index contributed by atoms with van der Waals surface area (Å²) in [5, 5.41) is 0. The van der Waals surface area contributed by atoms with Crippen molar-refractivity contribution in [3.8, 4) is 0 Å². The molecule has 1 heterocycles. The Morgan fingerprint density at radius 1 is 1.00 bits per heavy atom. The van der Waals surface area contributed by atoms with Crippen molar-refractivity contribution in [2.45, 2.75) is 27.7 Å². The first-order chi connectivity index (χ1) is 12.2. The molecule has 0 amide bonds. The normalized spacial score (nSPS) is 15.1. The number of nitrogens with zero attached hydrogens (tertiary/aromatic N) is 3. The molecule has 0 fully saturated rings. The molecule has 1 unspecified atom stereocenters. The lowest BCUT2D eigenvalue weighted by molar-refractivity contribution is 0.319. The zero-order valence-electron chi connectivity index (χ0n) is 15.8.